The standard InChI is InChI=1S/C20H15NO4/c1-14-11-12-25-19(14)10-8-15-7-9-18(21(23)24)17(13-15)20(22)16-5-3-2-4-6-16/h2-13H,1H3/b10-8+. The van der Waals surface area contributed by atoms with Gasteiger partial charge in [-0.3, -0.25) is 14.9 Å². The van der Waals surface area contributed by atoms with Gasteiger partial charge in [-0.15, -0.1) is 0 Å². The van der Waals surface area contributed by atoms with Gasteiger partial charge in [0.2, 0.25) is 0 Å². The number of hydrogen-bond donors (Lipinski definition) is 0. The Morgan fingerprint density at radius 2 is 1.84 bits per heavy atom. The third kappa shape index (κ3) is 3.55. The normalized spacial score (nSPS) is 10.9. The highest BCUT2D eigenvalue weighted by atomic mass is 16.6. The maximum absolute atomic E-state index is 12.7. The van der Waals surface area contributed by atoms with Crippen molar-refractivity contribution >= 4 is 23.6 Å². The van der Waals surface area contributed by atoms with Crippen molar-refractivity contribution in [3.63, 3.8) is 0 Å². The Morgan fingerprint density at radius 1 is 1.08 bits per heavy atom. The van der Waals surface area contributed by atoms with Crippen LogP contribution in [0.5, 0.6) is 0 Å². The van der Waals surface area contributed by atoms with E-state index in [0.717, 1.165) is 5.56 Å². The van der Waals surface area contributed by atoms with E-state index < -0.39 is 4.92 Å². The zero-order chi connectivity index (χ0) is 17.8. The van der Waals surface area contributed by atoms with Crippen molar-refractivity contribution in [2.75, 3.05) is 0 Å². The van der Waals surface area contributed by atoms with Crippen LogP contribution in [0.2, 0.25) is 0 Å². The van der Waals surface area contributed by atoms with Gasteiger partial charge in [-0.05, 0) is 42.3 Å². The maximum Gasteiger partial charge on any atom is 0.280 e. The first-order chi connectivity index (χ1) is 12.1. The van der Waals surface area contributed by atoms with Crippen LogP contribution in [0.15, 0.2) is 65.3 Å². The zero-order valence-electron chi connectivity index (χ0n) is 13.5. The summed E-state index contributed by atoms with van der Waals surface area (Å²) in [5.41, 5.74) is 1.93. The lowest BCUT2D eigenvalue weighted by Gasteiger charge is -2.04. The van der Waals surface area contributed by atoms with E-state index in [1.165, 1.54) is 12.1 Å². The van der Waals surface area contributed by atoms with Gasteiger partial charge in [0.1, 0.15) is 11.3 Å². The molecule has 0 fully saturated rings. The summed E-state index contributed by atoms with van der Waals surface area (Å²) in [4.78, 5) is 23.4. The molecule has 5 nitrogen and oxygen atoms in total. The van der Waals surface area contributed by atoms with Crippen molar-refractivity contribution in [3.8, 4) is 0 Å². The van der Waals surface area contributed by atoms with Crippen LogP contribution in [0.25, 0.3) is 12.2 Å². The van der Waals surface area contributed by atoms with Crippen LogP contribution in [0, 0.1) is 17.0 Å². The Morgan fingerprint density at radius 3 is 2.48 bits per heavy atom. The van der Waals surface area contributed by atoms with E-state index in [4.69, 9.17) is 4.42 Å². The molecule has 0 amide bonds. The van der Waals surface area contributed by atoms with E-state index in [0.29, 0.717) is 16.9 Å². The molecule has 0 radical (unpaired) electrons. The third-order valence-corrected chi connectivity index (χ3v) is 3.83. The number of nitrogens with zero attached hydrogens (tertiary/aromatic N) is 1. The summed E-state index contributed by atoms with van der Waals surface area (Å²) in [7, 11) is 0. The molecule has 25 heavy (non-hydrogen) atoms. The predicted octanol–water partition coefficient (Wildman–Crippen LogP) is 4.90. The SMILES string of the molecule is Cc1ccoc1/C=C/c1ccc([N+](=O)[O-])c(C(=O)c2ccccc2)c1. The second kappa shape index (κ2) is 6.97. The molecule has 0 unspecified atom stereocenters. The Balaban J connectivity index is 2.01. The molecule has 2 aromatic carbocycles. The monoisotopic (exact) mass is 333 g/mol. The Hall–Kier alpha value is -3.47. The van der Waals surface area contributed by atoms with Crippen LogP contribution < -0.4 is 0 Å². The molecule has 0 saturated heterocycles. The van der Waals surface area contributed by atoms with Gasteiger partial charge in [0.15, 0.2) is 5.78 Å². The Labute approximate surface area is 144 Å². The van der Waals surface area contributed by atoms with Crippen LogP contribution in [-0.4, -0.2) is 10.7 Å². The summed E-state index contributed by atoms with van der Waals surface area (Å²) in [6, 6.07) is 14.9. The van der Waals surface area contributed by atoms with E-state index in [9.17, 15) is 14.9 Å². The minimum absolute atomic E-state index is 0.0644. The molecule has 0 bridgehead atoms. The number of hydrogen-bond acceptors (Lipinski definition) is 4. The second-order valence-corrected chi connectivity index (χ2v) is 5.53. The van der Waals surface area contributed by atoms with Crippen molar-refractivity contribution in [3.05, 3.63) is 99.0 Å². The van der Waals surface area contributed by atoms with Gasteiger partial charge in [-0.25, -0.2) is 0 Å². The molecule has 3 rings (SSSR count). The molecule has 1 aromatic heterocycles. The average molecular weight is 333 g/mol. The summed E-state index contributed by atoms with van der Waals surface area (Å²) in [6.45, 7) is 1.92. The smallest absolute Gasteiger partial charge is 0.280 e. The number of benzene rings is 2. The van der Waals surface area contributed by atoms with Crippen LogP contribution in [-0.2, 0) is 0 Å². The van der Waals surface area contributed by atoms with Gasteiger partial charge in [-0.1, -0.05) is 36.4 Å². The molecular formula is C20H15NO4. The molecule has 3 aromatic rings. The largest absolute Gasteiger partial charge is 0.465 e. The first-order valence-corrected chi connectivity index (χ1v) is 7.66. The van der Waals surface area contributed by atoms with Crippen molar-refractivity contribution in [2.45, 2.75) is 6.92 Å². The predicted molar refractivity (Wildman–Crippen MR) is 95.3 cm³/mol. The molecule has 5 heteroatoms. The minimum Gasteiger partial charge on any atom is -0.465 e. The number of carbonyl (C=O) groups excluding carboxylic acids is 1. The summed E-state index contributed by atoms with van der Waals surface area (Å²) in [6.07, 6.45) is 5.12. The highest BCUT2D eigenvalue weighted by Crippen LogP contribution is 2.24. The van der Waals surface area contributed by atoms with Crippen LogP contribution in [0.4, 0.5) is 5.69 Å². The van der Waals surface area contributed by atoms with E-state index in [-0.39, 0.29) is 17.0 Å². The van der Waals surface area contributed by atoms with Crippen molar-refractivity contribution in [1.29, 1.82) is 0 Å². The molecular weight excluding hydrogens is 318 g/mol. The number of nitro benzene ring substituents is 1. The van der Waals surface area contributed by atoms with Gasteiger partial charge in [0, 0.05) is 11.6 Å². The fourth-order valence-electron chi connectivity index (χ4n) is 2.47. The molecule has 0 aliphatic carbocycles. The second-order valence-electron chi connectivity index (χ2n) is 5.53. The molecule has 0 aliphatic heterocycles. The maximum atomic E-state index is 12.7. The van der Waals surface area contributed by atoms with Gasteiger partial charge < -0.3 is 4.42 Å². The molecule has 1 heterocycles. The molecule has 0 saturated carbocycles. The van der Waals surface area contributed by atoms with Gasteiger partial charge in [-0.2, -0.15) is 0 Å². The number of nitro groups is 1. The average Bonchev–Trinajstić information content (AvgIpc) is 3.04. The van der Waals surface area contributed by atoms with E-state index in [2.05, 4.69) is 0 Å². The van der Waals surface area contributed by atoms with Crippen LogP contribution in [0.3, 0.4) is 0 Å². The Kier molecular flexibility index (Phi) is 4.57. The third-order valence-electron chi connectivity index (χ3n) is 3.83. The topological polar surface area (TPSA) is 73.3 Å². The first-order valence-electron chi connectivity index (χ1n) is 7.66. The van der Waals surface area contributed by atoms with Crippen molar-refractivity contribution in [1.82, 2.24) is 0 Å². The highest BCUT2D eigenvalue weighted by molar-refractivity contribution is 6.11. The lowest BCUT2D eigenvalue weighted by molar-refractivity contribution is -0.385. The van der Waals surface area contributed by atoms with Gasteiger partial charge in [0.25, 0.3) is 5.69 Å². The molecule has 0 atom stereocenters. The summed E-state index contributed by atoms with van der Waals surface area (Å²) < 4.78 is 5.33. The lowest BCUT2D eigenvalue weighted by atomic mass is 9.99. The summed E-state index contributed by atoms with van der Waals surface area (Å²) >= 11 is 0. The number of ketones is 1. The summed E-state index contributed by atoms with van der Waals surface area (Å²) in [5.74, 6) is 0.325. The lowest BCUT2D eigenvalue weighted by Crippen LogP contribution is -2.05. The number of aryl methyl sites for hydroxylation is 1. The molecule has 0 aliphatic rings. The quantitative estimate of drug-likeness (QED) is 0.378. The number of furan rings is 1. The number of rotatable bonds is 5. The van der Waals surface area contributed by atoms with Crippen molar-refractivity contribution < 1.29 is 14.1 Å². The van der Waals surface area contributed by atoms with Crippen LogP contribution >= 0.6 is 0 Å². The number of carbonyl (C=O) groups is 1. The molecule has 124 valence electrons. The first kappa shape index (κ1) is 16.4. The van der Waals surface area contributed by atoms with Crippen molar-refractivity contribution in [2.24, 2.45) is 0 Å². The van der Waals surface area contributed by atoms with Crippen LogP contribution in [0.1, 0.15) is 32.8 Å². The highest BCUT2D eigenvalue weighted by Gasteiger charge is 2.21. The zero-order valence-corrected chi connectivity index (χ0v) is 13.5. The van der Waals surface area contributed by atoms with E-state index in [1.54, 1.807) is 54.8 Å². The van der Waals surface area contributed by atoms with Gasteiger partial charge in [0.05, 0.1) is 11.2 Å². The minimum atomic E-state index is -0.541. The molecule has 0 spiro atoms. The fourth-order valence-corrected chi connectivity index (χ4v) is 2.47. The van der Waals surface area contributed by atoms with E-state index in [1.807, 2.05) is 13.0 Å². The Bertz CT molecular complexity index is 955. The molecule has 0 N–H and O–H groups in total. The summed E-state index contributed by atoms with van der Waals surface area (Å²) in [5, 5.41) is 11.3. The van der Waals surface area contributed by atoms with E-state index >= 15 is 0 Å². The van der Waals surface area contributed by atoms with Gasteiger partial charge >= 0.3 is 0 Å². The fraction of sp³-hybridized carbons (Fsp3) is 0.0500.